The molecular formula is C22H17I2N3O2. The molecule has 0 spiro atoms. The molecule has 7 heteroatoms. The lowest BCUT2D eigenvalue weighted by Gasteiger charge is -2.12. The van der Waals surface area contributed by atoms with Crippen molar-refractivity contribution in [1.29, 1.82) is 5.26 Å². The molecule has 0 radical (unpaired) electrons. The van der Waals surface area contributed by atoms with E-state index in [0.29, 0.717) is 12.3 Å². The van der Waals surface area contributed by atoms with Gasteiger partial charge in [0.15, 0.2) is 0 Å². The second kappa shape index (κ2) is 9.54. The maximum absolute atomic E-state index is 12.7. The van der Waals surface area contributed by atoms with Crippen molar-refractivity contribution < 1.29 is 9.53 Å². The van der Waals surface area contributed by atoms with E-state index in [0.717, 1.165) is 29.7 Å². The minimum Gasteiger partial charge on any atom is -0.487 e. The van der Waals surface area contributed by atoms with Gasteiger partial charge in [0.1, 0.15) is 24.0 Å². The summed E-state index contributed by atoms with van der Waals surface area (Å²) in [5.74, 6) is 0.350. The molecule has 3 rings (SSSR count). The molecule has 5 nitrogen and oxygen atoms in total. The number of rotatable bonds is 5. The summed E-state index contributed by atoms with van der Waals surface area (Å²) in [5, 5.41) is 13.7. The molecule has 0 N–H and O–H groups in total. The van der Waals surface area contributed by atoms with Gasteiger partial charge < -0.3 is 4.74 Å². The van der Waals surface area contributed by atoms with Crippen LogP contribution in [0.5, 0.6) is 5.75 Å². The number of aromatic nitrogens is 2. The van der Waals surface area contributed by atoms with Crippen molar-refractivity contribution >= 4 is 57.2 Å². The first-order chi connectivity index (χ1) is 13.9. The average molecular weight is 609 g/mol. The number of hydrogen-bond acceptors (Lipinski definition) is 4. The molecule has 0 fully saturated rings. The third-order valence-electron chi connectivity index (χ3n) is 4.11. The Labute approximate surface area is 196 Å². The van der Waals surface area contributed by atoms with Crippen molar-refractivity contribution in [3.8, 4) is 11.8 Å². The monoisotopic (exact) mass is 609 g/mol. The van der Waals surface area contributed by atoms with Gasteiger partial charge in [0.2, 0.25) is 0 Å². The molecule has 29 heavy (non-hydrogen) atoms. The van der Waals surface area contributed by atoms with Gasteiger partial charge in [0.05, 0.1) is 12.8 Å². The van der Waals surface area contributed by atoms with E-state index in [1.54, 1.807) is 19.1 Å². The number of nitriles is 1. The van der Waals surface area contributed by atoms with Crippen molar-refractivity contribution in [1.82, 2.24) is 9.78 Å². The minimum atomic E-state index is -0.437. The first-order valence-corrected chi connectivity index (χ1v) is 10.9. The van der Waals surface area contributed by atoms with Gasteiger partial charge in [-0.05, 0) is 94.4 Å². The lowest BCUT2D eigenvalue weighted by Crippen LogP contribution is -2.15. The molecule has 0 unspecified atom stereocenters. The zero-order valence-electron chi connectivity index (χ0n) is 15.8. The van der Waals surface area contributed by atoms with E-state index in [4.69, 9.17) is 4.74 Å². The largest absolute Gasteiger partial charge is 0.487 e. The van der Waals surface area contributed by atoms with Crippen molar-refractivity contribution in [2.75, 3.05) is 0 Å². The zero-order chi connectivity index (χ0) is 21.0. The van der Waals surface area contributed by atoms with Gasteiger partial charge >= 0.3 is 0 Å². The molecule has 0 atom stereocenters. The fourth-order valence-electron chi connectivity index (χ4n) is 2.79. The lowest BCUT2D eigenvalue weighted by atomic mass is 10.1. The van der Waals surface area contributed by atoms with Crippen LogP contribution in [-0.2, 0) is 6.61 Å². The van der Waals surface area contributed by atoms with Gasteiger partial charge in [-0.2, -0.15) is 10.4 Å². The Balaban J connectivity index is 1.86. The lowest BCUT2D eigenvalue weighted by molar-refractivity contribution is 0.0943. The SMILES string of the molecule is Cc1cc(C)n(C(=O)/C(C#N)=C/c2cc(I)c(OCc3ccccc3)c(I)c2)n1. The first kappa shape index (κ1) is 21.5. The summed E-state index contributed by atoms with van der Waals surface area (Å²) in [6.07, 6.45) is 1.59. The third kappa shape index (κ3) is 5.25. The minimum absolute atomic E-state index is 0.0285. The van der Waals surface area contributed by atoms with Crippen LogP contribution in [0.3, 0.4) is 0 Å². The van der Waals surface area contributed by atoms with E-state index < -0.39 is 5.91 Å². The van der Waals surface area contributed by atoms with Crippen LogP contribution in [0.1, 0.15) is 27.3 Å². The van der Waals surface area contributed by atoms with Gasteiger partial charge in [-0.25, -0.2) is 4.68 Å². The number of hydrogen-bond donors (Lipinski definition) is 0. The van der Waals surface area contributed by atoms with Crippen LogP contribution in [0.25, 0.3) is 6.08 Å². The second-order valence-electron chi connectivity index (χ2n) is 6.40. The molecule has 3 aromatic rings. The van der Waals surface area contributed by atoms with Crippen LogP contribution < -0.4 is 4.74 Å². The number of aryl methyl sites for hydroxylation is 2. The summed E-state index contributed by atoms with van der Waals surface area (Å²) in [7, 11) is 0. The topological polar surface area (TPSA) is 67.9 Å². The molecular weight excluding hydrogens is 592 g/mol. The smallest absolute Gasteiger partial charge is 0.289 e. The Hall–Kier alpha value is -2.19. The highest BCUT2D eigenvalue weighted by Crippen LogP contribution is 2.30. The molecule has 1 aromatic heterocycles. The van der Waals surface area contributed by atoms with E-state index in [1.807, 2.05) is 55.5 Å². The molecule has 0 amide bonds. The Morgan fingerprint density at radius 2 is 1.83 bits per heavy atom. The van der Waals surface area contributed by atoms with Crippen molar-refractivity contribution in [3.63, 3.8) is 0 Å². The van der Waals surface area contributed by atoms with Gasteiger partial charge in [-0.15, -0.1) is 0 Å². The quantitative estimate of drug-likeness (QED) is 0.217. The van der Waals surface area contributed by atoms with Crippen LogP contribution in [0, 0.1) is 32.3 Å². The fourth-order valence-corrected chi connectivity index (χ4v) is 4.92. The Bertz CT molecular complexity index is 1110. The van der Waals surface area contributed by atoms with Crippen LogP contribution >= 0.6 is 45.2 Å². The van der Waals surface area contributed by atoms with Crippen molar-refractivity contribution in [2.24, 2.45) is 0 Å². The van der Waals surface area contributed by atoms with Crippen LogP contribution in [0.4, 0.5) is 0 Å². The number of benzene rings is 2. The molecule has 0 saturated heterocycles. The van der Waals surface area contributed by atoms with Gasteiger partial charge in [-0.3, -0.25) is 4.79 Å². The van der Waals surface area contributed by atoms with E-state index in [-0.39, 0.29) is 5.57 Å². The molecule has 0 aliphatic heterocycles. The van der Waals surface area contributed by atoms with Crippen LogP contribution in [0.2, 0.25) is 0 Å². The van der Waals surface area contributed by atoms with Crippen LogP contribution in [-0.4, -0.2) is 15.7 Å². The number of carbonyl (C=O) groups is 1. The van der Waals surface area contributed by atoms with Crippen molar-refractivity contribution in [2.45, 2.75) is 20.5 Å². The summed E-state index contributed by atoms with van der Waals surface area (Å²) in [6.45, 7) is 4.07. The number of ether oxygens (including phenoxy) is 1. The average Bonchev–Trinajstić information content (AvgIpc) is 3.03. The highest BCUT2D eigenvalue weighted by atomic mass is 127. The molecule has 0 saturated carbocycles. The van der Waals surface area contributed by atoms with E-state index in [9.17, 15) is 10.1 Å². The maximum atomic E-state index is 12.7. The number of carbonyl (C=O) groups excluding carboxylic acids is 1. The predicted molar refractivity (Wildman–Crippen MR) is 129 cm³/mol. The van der Waals surface area contributed by atoms with E-state index in [1.165, 1.54) is 4.68 Å². The van der Waals surface area contributed by atoms with Crippen LogP contribution in [0.15, 0.2) is 54.1 Å². The maximum Gasteiger partial charge on any atom is 0.289 e. The second-order valence-corrected chi connectivity index (χ2v) is 8.73. The van der Waals surface area contributed by atoms with E-state index >= 15 is 0 Å². The Kier molecular flexibility index (Phi) is 7.08. The summed E-state index contributed by atoms with van der Waals surface area (Å²) in [5.41, 5.74) is 3.31. The number of nitrogens with zero attached hydrogens (tertiary/aromatic N) is 3. The molecule has 1 heterocycles. The van der Waals surface area contributed by atoms with E-state index in [2.05, 4.69) is 50.3 Å². The third-order valence-corrected chi connectivity index (χ3v) is 5.71. The standard InChI is InChI=1S/C22H17I2N3O2/c1-14-8-15(2)27(26-14)22(28)18(12-25)9-17-10-19(23)21(20(24)11-17)29-13-16-6-4-3-5-7-16/h3-11H,13H2,1-2H3/b18-9+. The number of allylic oxidation sites excluding steroid dienone is 1. The highest BCUT2D eigenvalue weighted by molar-refractivity contribution is 14.1. The van der Waals surface area contributed by atoms with Gasteiger partial charge in [-0.1, -0.05) is 30.3 Å². The normalized spacial score (nSPS) is 11.2. The molecule has 2 aromatic carbocycles. The molecule has 146 valence electrons. The van der Waals surface area contributed by atoms with Gasteiger partial charge in [0.25, 0.3) is 5.91 Å². The fraction of sp³-hybridized carbons (Fsp3) is 0.136. The predicted octanol–water partition coefficient (Wildman–Crippen LogP) is 5.54. The summed E-state index contributed by atoms with van der Waals surface area (Å²) in [6, 6.07) is 17.6. The Morgan fingerprint density at radius 1 is 1.17 bits per heavy atom. The summed E-state index contributed by atoms with van der Waals surface area (Å²) < 4.78 is 9.07. The number of halogens is 2. The summed E-state index contributed by atoms with van der Waals surface area (Å²) >= 11 is 4.41. The highest BCUT2D eigenvalue weighted by Gasteiger charge is 2.16. The summed E-state index contributed by atoms with van der Waals surface area (Å²) in [4.78, 5) is 12.7. The molecule has 0 bridgehead atoms. The first-order valence-electron chi connectivity index (χ1n) is 8.74. The van der Waals surface area contributed by atoms with Crippen molar-refractivity contribution in [3.05, 3.63) is 83.8 Å². The van der Waals surface area contributed by atoms with Gasteiger partial charge in [0, 0.05) is 5.69 Å². The Morgan fingerprint density at radius 3 is 2.38 bits per heavy atom. The zero-order valence-corrected chi connectivity index (χ0v) is 20.1. The molecule has 0 aliphatic rings. The molecule has 0 aliphatic carbocycles.